The molecule has 0 saturated carbocycles. The minimum absolute atomic E-state index is 0.102. The number of furan rings is 1. The highest BCUT2D eigenvalue weighted by atomic mass is 35.5. The van der Waals surface area contributed by atoms with Crippen LogP contribution < -0.4 is 0 Å². The van der Waals surface area contributed by atoms with Gasteiger partial charge in [0.1, 0.15) is 11.5 Å². The molecular weight excluding hydrogens is 452 g/mol. The molecule has 2 aromatic heterocycles. The van der Waals surface area contributed by atoms with Crippen LogP contribution in [-0.2, 0) is 4.79 Å². The average molecular weight is 469 g/mol. The fraction of sp³-hybridized carbons (Fsp3) is 0.136. The molecule has 1 aliphatic heterocycles. The predicted molar refractivity (Wildman–Crippen MR) is 125 cm³/mol. The topological polar surface area (TPSA) is 102 Å². The van der Waals surface area contributed by atoms with Gasteiger partial charge in [-0.2, -0.15) is 0 Å². The molecule has 0 bridgehead atoms. The van der Waals surface area contributed by atoms with Gasteiger partial charge in [0.25, 0.3) is 11.6 Å². The van der Waals surface area contributed by atoms with E-state index in [1.54, 1.807) is 29.2 Å². The first-order chi connectivity index (χ1) is 15.4. The predicted octanol–water partition coefficient (Wildman–Crippen LogP) is 5.84. The molecule has 1 amide bonds. The summed E-state index contributed by atoms with van der Waals surface area (Å²) < 4.78 is 5.83. The number of halogens is 1. The maximum Gasteiger partial charge on any atom is 0.270 e. The highest BCUT2D eigenvalue weighted by molar-refractivity contribution is 8.18. The number of nitro benzene ring substituents is 1. The van der Waals surface area contributed by atoms with E-state index in [1.807, 2.05) is 26.0 Å². The quantitative estimate of drug-likeness (QED) is 0.265. The molecule has 0 spiro atoms. The van der Waals surface area contributed by atoms with Gasteiger partial charge in [-0.25, -0.2) is 9.98 Å². The fourth-order valence-corrected chi connectivity index (χ4v) is 4.38. The molecule has 0 unspecified atom stereocenters. The molecule has 4 rings (SSSR count). The normalized spacial score (nSPS) is 16.3. The lowest BCUT2D eigenvalue weighted by Crippen LogP contribution is -2.28. The van der Waals surface area contributed by atoms with E-state index >= 15 is 0 Å². The molecule has 1 saturated heterocycles. The number of aryl methyl sites for hydroxylation is 1. The van der Waals surface area contributed by atoms with Crippen molar-refractivity contribution in [2.45, 2.75) is 13.8 Å². The Bertz CT molecular complexity index is 1280. The molecule has 10 heteroatoms. The van der Waals surface area contributed by atoms with Gasteiger partial charge in [0.15, 0.2) is 11.0 Å². The Morgan fingerprint density at radius 3 is 2.78 bits per heavy atom. The number of amides is 1. The van der Waals surface area contributed by atoms with Gasteiger partial charge in [0.05, 0.1) is 14.9 Å². The number of aromatic nitrogens is 1. The number of nitrogens with zero attached hydrogens (tertiary/aromatic N) is 4. The molecule has 0 radical (unpaired) electrons. The zero-order valence-corrected chi connectivity index (χ0v) is 18.7. The van der Waals surface area contributed by atoms with Crippen molar-refractivity contribution in [1.29, 1.82) is 0 Å². The average Bonchev–Trinajstić information content (AvgIpc) is 3.32. The second-order valence-electron chi connectivity index (χ2n) is 6.81. The van der Waals surface area contributed by atoms with Crippen molar-refractivity contribution in [3.63, 3.8) is 0 Å². The van der Waals surface area contributed by atoms with Gasteiger partial charge in [0.2, 0.25) is 0 Å². The molecule has 1 aliphatic rings. The van der Waals surface area contributed by atoms with Crippen LogP contribution in [0.5, 0.6) is 0 Å². The molecule has 0 aliphatic carbocycles. The fourth-order valence-electron chi connectivity index (χ4n) is 3.08. The number of non-ortho nitro benzene ring substituents is 1. The third-order valence-electron chi connectivity index (χ3n) is 4.62. The Balaban J connectivity index is 1.61. The summed E-state index contributed by atoms with van der Waals surface area (Å²) in [4.78, 5) is 34.2. The number of aliphatic imine (C=N–C) groups is 1. The van der Waals surface area contributed by atoms with Gasteiger partial charge in [-0.15, -0.1) is 0 Å². The van der Waals surface area contributed by atoms with E-state index in [2.05, 4.69) is 9.98 Å². The first-order valence-electron chi connectivity index (χ1n) is 9.63. The van der Waals surface area contributed by atoms with Crippen LogP contribution >= 0.6 is 23.4 Å². The third kappa shape index (κ3) is 4.44. The van der Waals surface area contributed by atoms with Gasteiger partial charge in [0, 0.05) is 36.0 Å². The molecule has 0 N–H and O–H groups in total. The van der Waals surface area contributed by atoms with Crippen LogP contribution in [0, 0.1) is 17.0 Å². The molecule has 32 heavy (non-hydrogen) atoms. The van der Waals surface area contributed by atoms with E-state index in [4.69, 9.17) is 16.0 Å². The summed E-state index contributed by atoms with van der Waals surface area (Å²) in [6.45, 7) is 4.23. The number of pyridine rings is 1. The van der Waals surface area contributed by atoms with Crippen molar-refractivity contribution in [3.8, 4) is 11.3 Å². The smallest absolute Gasteiger partial charge is 0.270 e. The number of thioether (sulfide) groups is 1. The highest BCUT2D eigenvalue weighted by Crippen LogP contribution is 2.36. The number of likely N-dealkylation sites (N-methyl/N-ethyl adjacent to an activating group) is 1. The number of rotatable bonds is 5. The van der Waals surface area contributed by atoms with Crippen molar-refractivity contribution in [3.05, 3.63) is 80.0 Å². The SMILES string of the molecule is CCN1C(=O)/C(=C\c2ccc(-c3ccc([N+](=O)[O-])cc3Cl)o2)S/C1=N/c1cccc(C)n1. The third-order valence-corrected chi connectivity index (χ3v) is 5.94. The number of nitro groups is 1. The largest absolute Gasteiger partial charge is 0.457 e. The Kier molecular flexibility index (Phi) is 6.11. The van der Waals surface area contributed by atoms with Gasteiger partial charge in [-0.3, -0.25) is 19.8 Å². The van der Waals surface area contributed by atoms with E-state index in [-0.39, 0.29) is 16.6 Å². The van der Waals surface area contributed by atoms with Crippen LogP contribution in [0.15, 0.2) is 62.8 Å². The Labute approximate surface area is 192 Å². The second-order valence-corrected chi connectivity index (χ2v) is 8.23. The first-order valence-corrected chi connectivity index (χ1v) is 10.8. The Hall–Kier alpha value is -3.43. The Morgan fingerprint density at radius 1 is 1.28 bits per heavy atom. The van der Waals surface area contributed by atoms with Crippen LogP contribution in [0.4, 0.5) is 11.5 Å². The first kappa shape index (κ1) is 21.8. The van der Waals surface area contributed by atoms with Crippen molar-refractivity contribution < 1.29 is 14.1 Å². The maximum absolute atomic E-state index is 12.8. The number of amidine groups is 1. The number of carbonyl (C=O) groups is 1. The number of benzene rings is 1. The van der Waals surface area contributed by atoms with Crippen LogP contribution in [0.3, 0.4) is 0 Å². The molecule has 8 nitrogen and oxygen atoms in total. The summed E-state index contributed by atoms with van der Waals surface area (Å²) in [5.74, 6) is 1.26. The summed E-state index contributed by atoms with van der Waals surface area (Å²) in [5.41, 5.74) is 1.26. The summed E-state index contributed by atoms with van der Waals surface area (Å²) in [6.07, 6.45) is 1.64. The summed E-state index contributed by atoms with van der Waals surface area (Å²) >= 11 is 7.44. The monoisotopic (exact) mass is 468 g/mol. The lowest BCUT2D eigenvalue weighted by molar-refractivity contribution is -0.384. The van der Waals surface area contributed by atoms with Crippen molar-refractivity contribution in [2.24, 2.45) is 4.99 Å². The minimum Gasteiger partial charge on any atom is -0.457 e. The van der Waals surface area contributed by atoms with E-state index in [1.165, 1.54) is 30.0 Å². The van der Waals surface area contributed by atoms with Crippen LogP contribution in [-0.4, -0.2) is 32.4 Å². The summed E-state index contributed by atoms with van der Waals surface area (Å²) in [6, 6.07) is 13.1. The van der Waals surface area contributed by atoms with Gasteiger partial charge in [-0.1, -0.05) is 17.7 Å². The van der Waals surface area contributed by atoms with Crippen LogP contribution in [0.2, 0.25) is 5.02 Å². The zero-order valence-electron chi connectivity index (χ0n) is 17.1. The van der Waals surface area contributed by atoms with Gasteiger partial charge >= 0.3 is 0 Å². The lowest BCUT2D eigenvalue weighted by Gasteiger charge is -2.11. The molecule has 1 fully saturated rings. The maximum atomic E-state index is 12.8. The number of carbonyl (C=O) groups excluding carboxylic acids is 1. The molecule has 0 atom stereocenters. The van der Waals surface area contributed by atoms with E-state index in [9.17, 15) is 14.9 Å². The standard InChI is InChI=1S/C22H17ClN4O4S/c1-3-26-21(28)19(32-22(26)25-20-6-4-5-13(2)24-20)12-15-8-10-18(31-15)16-9-7-14(27(29)30)11-17(16)23/h4-12H,3H2,1-2H3/b19-12+,25-22+. The van der Waals surface area contributed by atoms with E-state index in [0.717, 1.165) is 5.69 Å². The zero-order chi connectivity index (χ0) is 22.8. The minimum atomic E-state index is -0.512. The van der Waals surface area contributed by atoms with Gasteiger partial charge < -0.3 is 4.42 Å². The highest BCUT2D eigenvalue weighted by Gasteiger charge is 2.32. The second kappa shape index (κ2) is 8.97. The molecule has 1 aromatic carbocycles. The number of hydrogen-bond acceptors (Lipinski definition) is 7. The molecule has 3 heterocycles. The van der Waals surface area contributed by atoms with Crippen molar-refractivity contribution in [1.82, 2.24) is 9.88 Å². The lowest BCUT2D eigenvalue weighted by atomic mass is 10.1. The van der Waals surface area contributed by atoms with Crippen LogP contribution in [0.1, 0.15) is 18.4 Å². The summed E-state index contributed by atoms with van der Waals surface area (Å²) in [7, 11) is 0. The van der Waals surface area contributed by atoms with E-state index in [0.29, 0.717) is 39.5 Å². The summed E-state index contributed by atoms with van der Waals surface area (Å²) in [5, 5.41) is 11.7. The van der Waals surface area contributed by atoms with Crippen molar-refractivity contribution in [2.75, 3.05) is 6.54 Å². The molecule has 162 valence electrons. The number of hydrogen-bond donors (Lipinski definition) is 0. The van der Waals surface area contributed by atoms with Crippen LogP contribution in [0.25, 0.3) is 17.4 Å². The van der Waals surface area contributed by atoms with E-state index < -0.39 is 4.92 Å². The molecule has 3 aromatic rings. The molecular formula is C22H17ClN4O4S. The van der Waals surface area contributed by atoms with Gasteiger partial charge in [-0.05, 0) is 55.9 Å². The Morgan fingerprint density at radius 2 is 2.09 bits per heavy atom. The van der Waals surface area contributed by atoms with Crippen molar-refractivity contribution >= 4 is 52.0 Å².